The van der Waals surface area contributed by atoms with Gasteiger partial charge >= 0.3 is 0 Å². The lowest BCUT2D eigenvalue weighted by molar-refractivity contribution is 1.03. The average molecular weight is 493 g/mol. The molecule has 0 bridgehead atoms. The average Bonchev–Trinajstić information content (AvgIpc) is 2.94. The Hall–Kier alpha value is -5.51. The maximum atomic E-state index is 7.30. The summed E-state index contributed by atoms with van der Waals surface area (Å²) in [6.45, 7) is 22.3. The molecule has 0 fully saturated rings. The number of aromatic nitrogens is 3. The highest BCUT2D eigenvalue weighted by molar-refractivity contribution is 5.46. The number of nitrogens with one attached hydrogen (secondary N) is 2. The van der Waals surface area contributed by atoms with Crippen LogP contribution in [-0.4, -0.2) is 15.0 Å². The molecule has 0 amide bonds. The smallest absolute Gasteiger partial charge is 0.230 e. The van der Waals surface area contributed by atoms with Crippen LogP contribution < -0.4 is 5.32 Å². The van der Waals surface area contributed by atoms with Gasteiger partial charge in [-0.2, -0.15) is 20.5 Å². The Labute approximate surface area is 216 Å². The molecule has 0 radical (unpaired) electrons. The quantitative estimate of drug-likeness (QED) is 0.181. The van der Waals surface area contributed by atoms with Gasteiger partial charge in [-0.3, -0.25) is 0 Å². The molecule has 1 rings (SSSR count). The molecule has 0 aliphatic heterocycles. The Bertz CT molecular complexity index is 1240. The second kappa shape index (κ2) is 17.9. The summed E-state index contributed by atoms with van der Waals surface area (Å²) in [5, 5.41) is 23.1. The monoisotopic (exact) mass is 492 g/mol. The molecular weight excluding hydrogens is 464 g/mol. The van der Waals surface area contributed by atoms with Crippen LogP contribution in [0.5, 0.6) is 0 Å². The fourth-order valence-corrected chi connectivity index (χ4v) is 2.14. The van der Waals surface area contributed by atoms with Crippen molar-refractivity contribution in [3.05, 3.63) is 159 Å². The number of anilines is 1. The minimum Gasteiger partial charge on any atom is -0.322 e. The van der Waals surface area contributed by atoms with Gasteiger partial charge in [-0.15, -0.1) is 5.11 Å². The van der Waals surface area contributed by atoms with Crippen LogP contribution in [0.2, 0.25) is 0 Å². The van der Waals surface area contributed by atoms with Crippen LogP contribution in [0.3, 0.4) is 0 Å². The molecule has 0 atom stereocenters. The molecule has 0 saturated heterocycles. The standard InChI is InChI=1S/C27H28N10/c1-7-13-14-15-21(8-2)34-35-22(9-3)16-17-23(10-4)36-37-25(12-6)26(18-24(11-5)33-28)32-27-30-19-29-20-31-27/h7-20,28H,1-6H2,(H,29,30,31,32)/b14-13-,21-15+,22-16+,23-17+,24-18+,26-25-,33-28?,35-34?,37-36?. The second-order valence-electron chi connectivity index (χ2n) is 6.38. The predicted octanol–water partition coefficient (Wildman–Crippen LogP) is 7.64. The molecule has 0 aliphatic rings. The number of azo groups is 2. The molecule has 2 N–H and O–H groups in total. The molecule has 0 unspecified atom stereocenters. The molecule has 0 saturated carbocycles. The van der Waals surface area contributed by atoms with E-state index in [-0.39, 0.29) is 11.6 Å². The SMILES string of the molecule is C=C/C=C\C=C(/C=C)N=N/C(C=C)=C/C=C(\C=C)N=N/C(C=C)=C(/C=C(\C=C)N=N)Nc1ncncn1. The molecule has 186 valence electrons. The van der Waals surface area contributed by atoms with Crippen LogP contribution in [0.1, 0.15) is 0 Å². The zero-order valence-corrected chi connectivity index (χ0v) is 20.4. The van der Waals surface area contributed by atoms with Gasteiger partial charge < -0.3 is 5.32 Å². The van der Waals surface area contributed by atoms with Crippen molar-refractivity contribution in [3.63, 3.8) is 0 Å². The normalized spacial score (nSPS) is 13.8. The van der Waals surface area contributed by atoms with E-state index >= 15 is 0 Å². The zero-order chi connectivity index (χ0) is 27.3. The Kier molecular flexibility index (Phi) is 14.3. The maximum absolute atomic E-state index is 7.30. The first-order valence-electron chi connectivity index (χ1n) is 10.6. The van der Waals surface area contributed by atoms with Crippen molar-refractivity contribution in [2.75, 3.05) is 5.32 Å². The Morgan fingerprint density at radius 1 is 0.703 bits per heavy atom. The third-order valence-electron chi connectivity index (χ3n) is 3.96. The summed E-state index contributed by atoms with van der Waals surface area (Å²) >= 11 is 0. The lowest BCUT2D eigenvalue weighted by atomic mass is 10.2. The Morgan fingerprint density at radius 3 is 1.73 bits per heavy atom. The van der Waals surface area contributed by atoms with E-state index in [1.807, 2.05) is 0 Å². The molecule has 0 aliphatic carbocycles. The molecule has 37 heavy (non-hydrogen) atoms. The number of nitrogens with zero attached hydrogens (tertiary/aromatic N) is 8. The van der Waals surface area contributed by atoms with Crippen molar-refractivity contribution >= 4 is 5.95 Å². The second-order valence-corrected chi connectivity index (χ2v) is 6.38. The third kappa shape index (κ3) is 11.5. The van der Waals surface area contributed by atoms with Crippen molar-refractivity contribution < 1.29 is 0 Å². The summed E-state index contributed by atoms with van der Waals surface area (Å²) in [4.78, 5) is 11.9. The lowest BCUT2D eigenvalue weighted by Gasteiger charge is -2.07. The molecule has 1 aromatic heterocycles. The van der Waals surface area contributed by atoms with E-state index in [0.717, 1.165) is 0 Å². The van der Waals surface area contributed by atoms with E-state index in [4.69, 9.17) is 5.53 Å². The van der Waals surface area contributed by atoms with E-state index in [2.05, 4.69) is 85.3 Å². The van der Waals surface area contributed by atoms with Gasteiger partial charge in [-0.1, -0.05) is 57.7 Å². The van der Waals surface area contributed by atoms with Crippen LogP contribution in [0, 0.1) is 5.53 Å². The van der Waals surface area contributed by atoms with Crippen LogP contribution >= 0.6 is 0 Å². The highest BCUT2D eigenvalue weighted by Crippen LogP contribution is 2.17. The number of hydrogen-bond acceptors (Lipinski definition) is 10. The van der Waals surface area contributed by atoms with Crippen LogP contribution in [0.15, 0.2) is 185 Å². The summed E-state index contributed by atoms with van der Waals surface area (Å²) in [6.07, 6.45) is 21.9. The summed E-state index contributed by atoms with van der Waals surface area (Å²) < 4.78 is 0. The first-order chi connectivity index (χ1) is 18.0. The minimum atomic E-state index is 0.250. The first kappa shape index (κ1) is 29.5. The number of hydrogen-bond donors (Lipinski definition) is 2. The number of allylic oxidation sites excluding steroid dienone is 12. The largest absolute Gasteiger partial charge is 0.322 e. The fourth-order valence-electron chi connectivity index (χ4n) is 2.14. The van der Waals surface area contributed by atoms with Gasteiger partial charge in [0.15, 0.2) is 0 Å². The third-order valence-corrected chi connectivity index (χ3v) is 3.96. The highest BCUT2D eigenvalue weighted by atomic mass is 15.2. The van der Waals surface area contributed by atoms with Crippen LogP contribution in [-0.2, 0) is 0 Å². The number of rotatable bonds is 16. The molecule has 0 spiro atoms. The van der Waals surface area contributed by atoms with E-state index in [1.54, 1.807) is 42.5 Å². The zero-order valence-electron chi connectivity index (χ0n) is 20.4. The van der Waals surface area contributed by atoms with Crippen molar-refractivity contribution in [1.82, 2.24) is 15.0 Å². The Balaban J connectivity index is 3.36. The van der Waals surface area contributed by atoms with E-state index in [9.17, 15) is 0 Å². The summed E-state index contributed by atoms with van der Waals surface area (Å²) in [5.74, 6) is 0.250. The minimum absolute atomic E-state index is 0.250. The van der Waals surface area contributed by atoms with E-state index in [1.165, 1.54) is 43.0 Å². The van der Waals surface area contributed by atoms with Crippen molar-refractivity contribution in [3.8, 4) is 0 Å². The van der Waals surface area contributed by atoms with Gasteiger partial charge in [-0.05, 0) is 54.7 Å². The van der Waals surface area contributed by atoms with Gasteiger partial charge in [0.2, 0.25) is 5.95 Å². The molecule has 1 aromatic rings. The molecule has 10 heteroatoms. The maximum Gasteiger partial charge on any atom is 0.230 e. The van der Waals surface area contributed by atoms with Crippen molar-refractivity contribution in [2.45, 2.75) is 0 Å². The molecule has 0 aromatic carbocycles. The topological polar surface area (TPSA) is 136 Å². The van der Waals surface area contributed by atoms with Crippen LogP contribution in [0.25, 0.3) is 0 Å². The van der Waals surface area contributed by atoms with Gasteiger partial charge in [0.1, 0.15) is 18.4 Å². The van der Waals surface area contributed by atoms with E-state index in [0.29, 0.717) is 28.5 Å². The molecular formula is C27H28N10. The summed E-state index contributed by atoms with van der Waals surface area (Å²) in [5.41, 5.74) is 9.72. The summed E-state index contributed by atoms with van der Waals surface area (Å²) in [7, 11) is 0. The van der Waals surface area contributed by atoms with Gasteiger partial charge in [0.05, 0.1) is 28.5 Å². The predicted molar refractivity (Wildman–Crippen MR) is 148 cm³/mol. The van der Waals surface area contributed by atoms with Crippen molar-refractivity contribution in [2.24, 2.45) is 25.6 Å². The van der Waals surface area contributed by atoms with Gasteiger partial charge in [0, 0.05) is 0 Å². The first-order valence-corrected chi connectivity index (χ1v) is 10.6. The highest BCUT2D eigenvalue weighted by Gasteiger charge is 2.06. The Morgan fingerprint density at radius 2 is 1.24 bits per heavy atom. The van der Waals surface area contributed by atoms with Crippen LogP contribution in [0.4, 0.5) is 5.95 Å². The lowest BCUT2D eigenvalue weighted by Crippen LogP contribution is -2.04. The molecule has 1 heterocycles. The molecule has 10 nitrogen and oxygen atoms in total. The fraction of sp³-hybridized carbons (Fsp3) is 0. The van der Waals surface area contributed by atoms with Gasteiger partial charge in [-0.25, -0.2) is 20.5 Å². The summed E-state index contributed by atoms with van der Waals surface area (Å²) in [6, 6.07) is 0. The van der Waals surface area contributed by atoms with E-state index < -0.39 is 0 Å². The van der Waals surface area contributed by atoms with Crippen molar-refractivity contribution in [1.29, 1.82) is 5.53 Å². The van der Waals surface area contributed by atoms with Gasteiger partial charge in [0.25, 0.3) is 0 Å².